The Labute approximate surface area is 157 Å². The highest BCUT2D eigenvalue weighted by Crippen LogP contribution is 2.14. The highest BCUT2D eigenvalue weighted by molar-refractivity contribution is 5.85. The summed E-state index contributed by atoms with van der Waals surface area (Å²) in [6, 6.07) is 10.9. The zero-order valence-corrected chi connectivity index (χ0v) is 15.7. The number of rotatable bonds is 4. The Morgan fingerprint density at radius 1 is 1.12 bits per heavy atom. The Balaban J connectivity index is 0.00000144. The summed E-state index contributed by atoms with van der Waals surface area (Å²) in [5.74, 6) is 0.200. The standard InChI is InChI=1S/C18H27N3O.2ClH/c22-18(17-10-4-5-11-19-17)20-16-9-6-12-21(14-16)13-15-7-2-1-3-8-15;;/h1-3,7-8,16-17,19H,4-6,9-14H2,(H,20,22);2*1H. The van der Waals surface area contributed by atoms with Crippen molar-refractivity contribution in [2.45, 2.75) is 50.7 Å². The molecule has 0 saturated carbocycles. The van der Waals surface area contributed by atoms with Crippen LogP contribution < -0.4 is 10.6 Å². The fourth-order valence-electron chi connectivity index (χ4n) is 3.54. The molecule has 2 saturated heterocycles. The highest BCUT2D eigenvalue weighted by Gasteiger charge is 2.25. The quantitative estimate of drug-likeness (QED) is 0.852. The maximum Gasteiger partial charge on any atom is 0.237 e. The molecule has 2 atom stereocenters. The van der Waals surface area contributed by atoms with Crippen LogP contribution in [0.15, 0.2) is 30.3 Å². The molecule has 2 aliphatic rings. The third-order valence-electron chi connectivity index (χ3n) is 4.73. The van der Waals surface area contributed by atoms with E-state index >= 15 is 0 Å². The number of nitrogens with zero attached hydrogens (tertiary/aromatic N) is 1. The van der Waals surface area contributed by atoms with Gasteiger partial charge < -0.3 is 10.6 Å². The van der Waals surface area contributed by atoms with Crippen LogP contribution in [0.4, 0.5) is 0 Å². The first kappa shape index (κ1) is 21.2. The Morgan fingerprint density at radius 3 is 2.62 bits per heavy atom. The van der Waals surface area contributed by atoms with E-state index in [1.807, 2.05) is 0 Å². The highest BCUT2D eigenvalue weighted by atomic mass is 35.5. The van der Waals surface area contributed by atoms with Crippen molar-refractivity contribution in [1.29, 1.82) is 0 Å². The van der Waals surface area contributed by atoms with Crippen LogP contribution in [0.5, 0.6) is 0 Å². The maximum atomic E-state index is 12.3. The number of amides is 1. The zero-order chi connectivity index (χ0) is 15.2. The number of piperidine rings is 2. The van der Waals surface area contributed by atoms with Crippen molar-refractivity contribution in [3.63, 3.8) is 0 Å². The Bertz CT molecular complexity index is 480. The molecule has 2 N–H and O–H groups in total. The fourth-order valence-corrected chi connectivity index (χ4v) is 3.54. The second-order valence-corrected chi connectivity index (χ2v) is 6.57. The van der Waals surface area contributed by atoms with Gasteiger partial charge in [-0.25, -0.2) is 0 Å². The van der Waals surface area contributed by atoms with E-state index in [-0.39, 0.29) is 36.8 Å². The Kier molecular flexibility index (Phi) is 9.67. The first-order valence-electron chi connectivity index (χ1n) is 8.61. The Morgan fingerprint density at radius 2 is 1.92 bits per heavy atom. The first-order valence-corrected chi connectivity index (χ1v) is 8.61. The van der Waals surface area contributed by atoms with Gasteiger partial charge in [0.2, 0.25) is 5.91 Å². The summed E-state index contributed by atoms with van der Waals surface area (Å²) in [5, 5.41) is 6.60. The van der Waals surface area contributed by atoms with Crippen molar-refractivity contribution in [3.8, 4) is 0 Å². The van der Waals surface area contributed by atoms with Crippen molar-refractivity contribution in [3.05, 3.63) is 35.9 Å². The molecule has 2 fully saturated rings. The van der Waals surface area contributed by atoms with E-state index in [9.17, 15) is 4.79 Å². The van der Waals surface area contributed by atoms with E-state index < -0.39 is 0 Å². The number of likely N-dealkylation sites (tertiary alicyclic amines) is 1. The molecule has 6 heteroatoms. The predicted octanol–water partition coefficient (Wildman–Crippen LogP) is 2.75. The second-order valence-electron chi connectivity index (χ2n) is 6.57. The number of hydrogen-bond donors (Lipinski definition) is 2. The molecule has 2 unspecified atom stereocenters. The van der Waals surface area contributed by atoms with Gasteiger partial charge in [0.1, 0.15) is 0 Å². The fraction of sp³-hybridized carbons (Fsp3) is 0.611. The molecule has 2 heterocycles. The van der Waals surface area contributed by atoms with Crippen LogP contribution in [0, 0.1) is 0 Å². The smallest absolute Gasteiger partial charge is 0.237 e. The largest absolute Gasteiger partial charge is 0.351 e. The summed E-state index contributed by atoms with van der Waals surface area (Å²) in [6.07, 6.45) is 5.60. The van der Waals surface area contributed by atoms with Crippen molar-refractivity contribution in [1.82, 2.24) is 15.5 Å². The number of hydrogen-bond acceptors (Lipinski definition) is 3. The average Bonchev–Trinajstić information content (AvgIpc) is 2.57. The monoisotopic (exact) mass is 373 g/mol. The third-order valence-corrected chi connectivity index (χ3v) is 4.73. The molecule has 0 aliphatic carbocycles. The van der Waals surface area contributed by atoms with E-state index in [0.29, 0.717) is 6.04 Å². The molecule has 1 aromatic carbocycles. The molecule has 2 aliphatic heterocycles. The van der Waals surface area contributed by atoms with Gasteiger partial charge >= 0.3 is 0 Å². The Hall–Kier alpha value is -0.810. The summed E-state index contributed by atoms with van der Waals surface area (Å²) < 4.78 is 0. The molecule has 0 radical (unpaired) electrons. The molecular formula is C18H29Cl2N3O. The van der Waals surface area contributed by atoms with Crippen LogP contribution in [-0.2, 0) is 11.3 Å². The lowest BCUT2D eigenvalue weighted by Crippen LogP contribution is -2.53. The first-order chi connectivity index (χ1) is 10.8. The van der Waals surface area contributed by atoms with Crippen LogP contribution >= 0.6 is 24.8 Å². The molecule has 1 amide bonds. The number of nitrogens with one attached hydrogen (secondary N) is 2. The van der Waals surface area contributed by atoms with E-state index in [1.165, 1.54) is 12.0 Å². The molecule has 1 aromatic rings. The van der Waals surface area contributed by atoms with Crippen molar-refractivity contribution in [2.24, 2.45) is 0 Å². The summed E-state index contributed by atoms with van der Waals surface area (Å²) in [5.41, 5.74) is 1.35. The van der Waals surface area contributed by atoms with Gasteiger partial charge in [-0.3, -0.25) is 9.69 Å². The van der Waals surface area contributed by atoms with Gasteiger partial charge in [-0.15, -0.1) is 24.8 Å². The second kappa shape index (κ2) is 10.9. The van der Waals surface area contributed by atoms with Gasteiger partial charge in [0, 0.05) is 19.1 Å². The lowest BCUT2D eigenvalue weighted by molar-refractivity contribution is -0.124. The van der Waals surface area contributed by atoms with Crippen molar-refractivity contribution in [2.75, 3.05) is 19.6 Å². The van der Waals surface area contributed by atoms with Gasteiger partial charge in [-0.05, 0) is 44.3 Å². The minimum Gasteiger partial charge on any atom is -0.351 e. The molecule has 24 heavy (non-hydrogen) atoms. The van der Waals surface area contributed by atoms with E-state index in [0.717, 1.165) is 51.9 Å². The number of halogens is 2. The SMILES string of the molecule is Cl.Cl.O=C(NC1CCCN(Cc2ccccc2)C1)C1CCCCN1. The topological polar surface area (TPSA) is 44.4 Å². The van der Waals surface area contributed by atoms with Crippen LogP contribution in [0.25, 0.3) is 0 Å². The molecule has 0 bridgehead atoms. The van der Waals surface area contributed by atoms with Crippen LogP contribution in [0.3, 0.4) is 0 Å². The van der Waals surface area contributed by atoms with Crippen molar-refractivity contribution < 1.29 is 4.79 Å². The number of carbonyl (C=O) groups is 1. The summed E-state index contributed by atoms with van der Waals surface area (Å²) in [6.45, 7) is 4.05. The minimum absolute atomic E-state index is 0. The maximum absolute atomic E-state index is 12.3. The van der Waals surface area contributed by atoms with Gasteiger partial charge in [-0.2, -0.15) is 0 Å². The lowest BCUT2D eigenvalue weighted by Gasteiger charge is -2.34. The average molecular weight is 374 g/mol. The zero-order valence-electron chi connectivity index (χ0n) is 14.1. The molecule has 0 spiro atoms. The molecule has 3 rings (SSSR count). The normalized spacial score (nSPS) is 24.3. The predicted molar refractivity (Wildman–Crippen MR) is 103 cm³/mol. The van der Waals surface area contributed by atoms with Gasteiger partial charge in [0.05, 0.1) is 6.04 Å². The molecular weight excluding hydrogens is 345 g/mol. The number of carbonyl (C=O) groups excluding carboxylic acids is 1. The van der Waals surface area contributed by atoms with E-state index in [4.69, 9.17) is 0 Å². The third kappa shape index (κ3) is 6.25. The molecule has 136 valence electrons. The summed E-state index contributed by atoms with van der Waals surface area (Å²) in [7, 11) is 0. The van der Waals surface area contributed by atoms with Crippen LogP contribution in [-0.4, -0.2) is 42.5 Å². The lowest BCUT2D eigenvalue weighted by atomic mass is 10.0. The molecule has 4 nitrogen and oxygen atoms in total. The number of benzene rings is 1. The van der Waals surface area contributed by atoms with Crippen molar-refractivity contribution >= 4 is 30.7 Å². The summed E-state index contributed by atoms with van der Waals surface area (Å²) >= 11 is 0. The van der Waals surface area contributed by atoms with Crippen LogP contribution in [0.1, 0.15) is 37.7 Å². The van der Waals surface area contributed by atoms with E-state index in [2.05, 4.69) is 45.9 Å². The van der Waals surface area contributed by atoms with Gasteiger partial charge in [0.25, 0.3) is 0 Å². The minimum atomic E-state index is 0. The van der Waals surface area contributed by atoms with E-state index in [1.54, 1.807) is 0 Å². The van der Waals surface area contributed by atoms with Gasteiger partial charge in [0.15, 0.2) is 0 Å². The summed E-state index contributed by atoms with van der Waals surface area (Å²) in [4.78, 5) is 14.8. The van der Waals surface area contributed by atoms with Crippen LogP contribution in [0.2, 0.25) is 0 Å². The molecule has 0 aromatic heterocycles. The van der Waals surface area contributed by atoms with Gasteiger partial charge in [-0.1, -0.05) is 36.8 Å².